The van der Waals surface area contributed by atoms with Gasteiger partial charge in [-0.25, -0.2) is 4.98 Å². The van der Waals surface area contributed by atoms with Gasteiger partial charge in [-0.3, -0.25) is 9.58 Å². The van der Waals surface area contributed by atoms with Crippen LogP contribution in [0.4, 0.5) is 0 Å². The van der Waals surface area contributed by atoms with Gasteiger partial charge in [-0.2, -0.15) is 5.10 Å². The number of aromatic nitrogens is 3. The van der Waals surface area contributed by atoms with Crippen LogP contribution in [0.25, 0.3) is 0 Å². The van der Waals surface area contributed by atoms with E-state index in [1.54, 1.807) is 11.3 Å². The Bertz CT molecular complexity index is 515. The van der Waals surface area contributed by atoms with Crippen LogP contribution in [0.15, 0.2) is 11.7 Å². The summed E-state index contributed by atoms with van der Waals surface area (Å²) in [6.07, 6.45) is 1.98. The topological polar surface area (TPSA) is 34.0 Å². The minimum atomic E-state index is 0.934. The summed E-state index contributed by atoms with van der Waals surface area (Å²) in [5.41, 5.74) is 5.64. The van der Waals surface area contributed by atoms with E-state index in [1.165, 1.54) is 16.1 Å². The number of aryl methyl sites for hydroxylation is 2. The van der Waals surface area contributed by atoms with Crippen LogP contribution < -0.4 is 0 Å². The first-order chi connectivity index (χ1) is 8.61. The van der Waals surface area contributed by atoms with E-state index in [9.17, 15) is 0 Å². The number of rotatable bonds is 5. The highest BCUT2D eigenvalue weighted by Gasteiger charge is 2.10. The van der Waals surface area contributed by atoms with Crippen molar-refractivity contribution in [3.8, 4) is 0 Å². The van der Waals surface area contributed by atoms with Gasteiger partial charge in [-0.1, -0.05) is 0 Å². The molecule has 2 rings (SSSR count). The van der Waals surface area contributed by atoms with Gasteiger partial charge in [0.05, 0.1) is 17.4 Å². The molecule has 0 amide bonds. The third-order valence-electron chi connectivity index (χ3n) is 3.20. The molecule has 2 heterocycles. The lowest BCUT2D eigenvalue weighted by Crippen LogP contribution is -2.17. The quantitative estimate of drug-likeness (QED) is 0.832. The molecular weight excluding hydrogens is 244 g/mol. The maximum atomic E-state index is 4.38. The Morgan fingerprint density at radius 3 is 2.67 bits per heavy atom. The minimum Gasteiger partial charge on any atom is -0.297 e. The zero-order valence-electron chi connectivity index (χ0n) is 11.5. The molecule has 0 aliphatic carbocycles. The highest BCUT2D eigenvalue weighted by atomic mass is 32.1. The monoisotopic (exact) mass is 264 g/mol. The van der Waals surface area contributed by atoms with Crippen molar-refractivity contribution >= 4 is 11.3 Å². The van der Waals surface area contributed by atoms with E-state index >= 15 is 0 Å². The lowest BCUT2D eigenvalue weighted by atomic mass is 10.2. The van der Waals surface area contributed by atoms with Gasteiger partial charge in [0.2, 0.25) is 0 Å². The second kappa shape index (κ2) is 5.63. The molecule has 98 valence electrons. The van der Waals surface area contributed by atoms with E-state index in [-0.39, 0.29) is 0 Å². The second-order valence-electron chi connectivity index (χ2n) is 4.60. The van der Waals surface area contributed by atoms with Gasteiger partial charge in [0.25, 0.3) is 0 Å². The zero-order chi connectivity index (χ0) is 13.1. The Morgan fingerprint density at radius 1 is 1.33 bits per heavy atom. The average Bonchev–Trinajstić information content (AvgIpc) is 2.88. The van der Waals surface area contributed by atoms with Crippen molar-refractivity contribution in [2.45, 2.75) is 40.4 Å². The van der Waals surface area contributed by atoms with Crippen molar-refractivity contribution in [3.63, 3.8) is 0 Å². The Hall–Kier alpha value is -1.20. The van der Waals surface area contributed by atoms with Crippen molar-refractivity contribution in [1.82, 2.24) is 19.7 Å². The molecule has 0 spiro atoms. The number of hydrogen-bond acceptors (Lipinski definition) is 4. The molecule has 0 saturated carbocycles. The summed E-state index contributed by atoms with van der Waals surface area (Å²) in [7, 11) is 2.14. The van der Waals surface area contributed by atoms with Gasteiger partial charge in [0, 0.05) is 35.8 Å². The summed E-state index contributed by atoms with van der Waals surface area (Å²) < 4.78 is 2.04. The first kappa shape index (κ1) is 13.2. The predicted octanol–water partition coefficient (Wildman–Crippen LogP) is 2.61. The third-order valence-corrected chi connectivity index (χ3v) is 4.12. The molecule has 0 unspecified atom stereocenters. The van der Waals surface area contributed by atoms with E-state index < -0.39 is 0 Å². The molecule has 2 aromatic rings. The smallest absolute Gasteiger partial charge is 0.0798 e. The van der Waals surface area contributed by atoms with Gasteiger partial charge < -0.3 is 0 Å². The van der Waals surface area contributed by atoms with Gasteiger partial charge in [0.15, 0.2) is 0 Å². The van der Waals surface area contributed by atoms with E-state index in [1.807, 2.05) is 16.4 Å². The van der Waals surface area contributed by atoms with E-state index in [0.29, 0.717) is 0 Å². The van der Waals surface area contributed by atoms with E-state index in [4.69, 9.17) is 0 Å². The van der Waals surface area contributed by atoms with Crippen molar-refractivity contribution < 1.29 is 0 Å². The molecule has 0 aliphatic rings. The molecule has 0 saturated heterocycles. The standard InChI is InChI=1S/C13H20N4S/c1-5-17-11(3)12(6-15-17)7-16(4)8-13-10(2)14-9-18-13/h6,9H,5,7-8H2,1-4H3. The Kier molecular flexibility index (Phi) is 4.14. The van der Waals surface area contributed by atoms with Crippen molar-refractivity contribution in [2.75, 3.05) is 7.05 Å². The fourth-order valence-corrected chi connectivity index (χ4v) is 2.89. The van der Waals surface area contributed by atoms with Crippen LogP contribution >= 0.6 is 11.3 Å². The largest absolute Gasteiger partial charge is 0.297 e. The van der Waals surface area contributed by atoms with Crippen molar-refractivity contribution in [2.24, 2.45) is 0 Å². The van der Waals surface area contributed by atoms with Crippen LogP contribution in [0.5, 0.6) is 0 Å². The molecule has 0 aliphatic heterocycles. The minimum absolute atomic E-state index is 0.934. The lowest BCUT2D eigenvalue weighted by molar-refractivity contribution is 0.320. The van der Waals surface area contributed by atoms with E-state index in [2.05, 4.69) is 42.8 Å². The van der Waals surface area contributed by atoms with E-state index in [0.717, 1.165) is 25.3 Å². The van der Waals surface area contributed by atoms with Crippen LogP contribution in [0.2, 0.25) is 0 Å². The van der Waals surface area contributed by atoms with Crippen LogP contribution in [0.3, 0.4) is 0 Å². The van der Waals surface area contributed by atoms with Gasteiger partial charge >= 0.3 is 0 Å². The molecular formula is C13H20N4S. The molecule has 0 atom stereocenters. The molecule has 0 N–H and O–H groups in total. The maximum absolute atomic E-state index is 4.38. The fourth-order valence-electron chi connectivity index (χ4n) is 2.03. The van der Waals surface area contributed by atoms with Gasteiger partial charge in [-0.15, -0.1) is 11.3 Å². The summed E-state index contributed by atoms with van der Waals surface area (Å²) in [6.45, 7) is 9.14. The maximum Gasteiger partial charge on any atom is 0.0798 e. The first-order valence-electron chi connectivity index (χ1n) is 6.20. The molecule has 2 aromatic heterocycles. The number of thiazole rings is 1. The zero-order valence-corrected chi connectivity index (χ0v) is 12.3. The first-order valence-corrected chi connectivity index (χ1v) is 7.08. The predicted molar refractivity (Wildman–Crippen MR) is 74.7 cm³/mol. The highest BCUT2D eigenvalue weighted by molar-refractivity contribution is 7.09. The number of nitrogens with zero attached hydrogens (tertiary/aromatic N) is 4. The summed E-state index contributed by atoms with van der Waals surface area (Å²) >= 11 is 1.73. The summed E-state index contributed by atoms with van der Waals surface area (Å²) in [6, 6.07) is 0. The summed E-state index contributed by atoms with van der Waals surface area (Å²) in [5, 5.41) is 4.38. The lowest BCUT2D eigenvalue weighted by Gasteiger charge is -2.15. The molecule has 0 aromatic carbocycles. The molecule has 18 heavy (non-hydrogen) atoms. The highest BCUT2D eigenvalue weighted by Crippen LogP contribution is 2.16. The van der Waals surface area contributed by atoms with Crippen molar-refractivity contribution in [3.05, 3.63) is 33.5 Å². The van der Waals surface area contributed by atoms with Gasteiger partial charge in [-0.05, 0) is 27.8 Å². The Labute approximate surface area is 112 Å². The molecule has 0 fully saturated rings. The third kappa shape index (κ3) is 2.79. The summed E-state index contributed by atoms with van der Waals surface area (Å²) in [4.78, 5) is 7.94. The normalized spacial score (nSPS) is 11.4. The Balaban J connectivity index is 2.01. The Morgan fingerprint density at radius 2 is 2.11 bits per heavy atom. The summed E-state index contributed by atoms with van der Waals surface area (Å²) in [5.74, 6) is 0. The van der Waals surface area contributed by atoms with Crippen molar-refractivity contribution in [1.29, 1.82) is 0 Å². The van der Waals surface area contributed by atoms with Gasteiger partial charge in [0.1, 0.15) is 0 Å². The molecule has 0 bridgehead atoms. The van der Waals surface area contributed by atoms with Crippen LogP contribution in [-0.2, 0) is 19.6 Å². The second-order valence-corrected chi connectivity index (χ2v) is 5.54. The molecule has 5 heteroatoms. The van der Waals surface area contributed by atoms with Crippen LogP contribution in [0, 0.1) is 13.8 Å². The molecule has 4 nitrogen and oxygen atoms in total. The molecule has 0 radical (unpaired) electrons. The van der Waals surface area contributed by atoms with Crippen LogP contribution in [-0.4, -0.2) is 26.7 Å². The van der Waals surface area contributed by atoms with Crippen LogP contribution in [0.1, 0.15) is 28.8 Å². The average molecular weight is 264 g/mol. The number of hydrogen-bond donors (Lipinski definition) is 0. The SMILES string of the molecule is CCn1ncc(CN(C)Cc2scnc2C)c1C. The fraction of sp³-hybridized carbons (Fsp3) is 0.538.